The van der Waals surface area contributed by atoms with Gasteiger partial charge in [-0.1, -0.05) is 30.7 Å². The summed E-state index contributed by atoms with van der Waals surface area (Å²) in [6.45, 7) is 5.30. The van der Waals surface area contributed by atoms with Crippen LogP contribution >= 0.6 is 11.6 Å². The number of rotatable bonds is 5. The molecule has 1 fully saturated rings. The molecular formula is C17H21ClN4O2. The molecule has 1 saturated heterocycles. The topological polar surface area (TPSA) is 69.0 Å². The van der Waals surface area contributed by atoms with Crippen LogP contribution in [-0.2, 0) is 4.74 Å². The van der Waals surface area contributed by atoms with Crippen LogP contribution in [0.25, 0.3) is 5.69 Å². The molecule has 1 amide bonds. The van der Waals surface area contributed by atoms with Crippen LogP contribution in [0.3, 0.4) is 0 Å². The van der Waals surface area contributed by atoms with E-state index in [-0.39, 0.29) is 17.9 Å². The van der Waals surface area contributed by atoms with Gasteiger partial charge in [-0.05, 0) is 43.0 Å². The summed E-state index contributed by atoms with van der Waals surface area (Å²) in [5, 5.41) is 11.8. The standard InChI is InChI=1S/C17H21ClN4O2/c1-11(2)16-15(17(23)19-10-14-4-3-9-24-14)20-21-22(16)13-7-5-12(18)6-8-13/h5-8,11,14H,3-4,9-10H2,1-2H3,(H,19,23). The number of amides is 1. The Morgan fingerprint density at radius 2 is 2.17 bits per heavy atom. The highest BCUT2D eigenvalue weighted by Gasteiger charge is 2.24. The molecule has 1 N–H and O–H groups in total. The number of carbonyl (C=O) groups excluding carboxylic acids is 1. The molecule has 128 valence electrons. The van der Waals surface area contributed by atoms with Crippen LogP contribution < -0.4 is 5.32 Å². The molecule has 0 aliphatic carbocycles. The van der Waals surface area contributed by atoms with Crippen molar-refractivity contribution in [1.82, 2.24) is 20.3 Å². The van der Waals surface area contributed by atoms with Gasteiger partial charge in [0.05, 0.1) is 17.5 Å². The summed E-state index contributed by atoms with van der Waals surface area (Å²) in [4.78, 5) is 12.5. The number of ether oxygens (including phenoxy) is 1. The van der Waals surface area contributed by atoms with Gasteiger partial charge in [-0.15, -0.1) is 5.10 Å². The fraction of sp³-hybridized carbons (Fsp3) is 0.471. The van der Waals surface area contributed by atoms with E-state index in [9.17, 15) is 4.79 Å². The minimum Gasteiger partial charge on any atom is -0.376 e. The molecule has 0 spiro atoms. The van der Waals surface area contributed by atoms with Crippen LogP contribution in [0.2, 0.25) is 5.02 Å². The highest BCUT2D eigenvalue weighted by Crippen LogP contribution is 2.22. The number of hydrogen-bond acceptors (Lipinski definition) is 4. The Morgan fingerprint density at radius 1 is 1.42 bits per heavy atom. The van der Waals surface area contributed by atoms with Gasteiger partial charge in [-0.25, -0.2) is 4.68 Å². The lowest BCUT2D eigenvalue weighted by atomic mass is 10.1. The molecule has 2 heterocycles. The summed E-state index contributed by atoms with van der Waals surface area (Å²) in [6, 6.07) is 7.30. The Bertz CT molecular complexity index is 706. The fourth-order valence-electron chi connectivity index (χ4n) is 2.84. The van der Waals surface area contributed by atoms with E-state index in [4.69, 9.17) is 16.3 Å². The van der Waals surface area contributed by atoms with E-state index in [1.54, 1.807) is 16.8 Å². The molecule has 1 unspecified atom stereocenters. The van der Waals surface area contributed by atoms with Crippen molar-refractivity contribution >= 4 is 17.5 Å². The first-order valence-corrected chi connectivity index (χ1v) is 8.55. The minimum atomic E-state index is -0.214. The molecule has 1 aromatic heterocycles. The Kier molecular flexibility index (Phi) is 5.16. The van der Waals surface area contributed by atoms with Gasteiger partial charge in [0.2, 0.25) is 0 Å². The first-order valence-electron chi connectivity index (χ1n) is 8.17. The van der Waals surface area contributed by atoms with Gasteiger partial charge >= 0.3 is 0 Å². The maximum atomic E-state index is 12.5. The Morgan fingerprint density at radius 3 is 2.79 bits per heavy atom. The number of aromatic nitrogens is 3. The molecule has 0 radical (unpaired) electrons. The zero-order valence-corrected chi connectivity index (χ0v) is 14.6. The predicted molar refractivity (Wildman–Crippen MR) is 91.8 cm³/mol. The third-order valence-electron chi connectivity index (χ3n) is 4.05. The van der Waals surface area contributed by atoms with Gasteiger partial charge in [-0.3, -0.25) is 4.79 Å². The largest absolute Gasteiger partial charge is 0.376 e. The molecule has 1 atom stereocenters. The summed E-state index contributed by atoms with van der Waals surface area (Å²) in [7, 11) is 0. The van der Waals surface area contributed by atoms with Crippen LogP contribution in [-0.4, -0.2) is 40.2 Å². The van der Waals surface area contributed by atoms with Crippen molar-refractivity contribution in [3.63, 3.8) is 0 Å². The van der Waals surface area contributed by atoms with Crippen LogP contribution in [0.15, 0.2) is 24.3 Å². The van der Waals surface area contributed by atoms with Crippen molar-refractivity contribution in [3.8, 4) is 5.69 Å². The van der Waals surface area contributed by atoms with Gasteiger partial charge in [0, 0.05) is 18.2 Å². The lowest BCUT2D eigenvalue weighted by molar-refractivity contribution is 0.0852. The van der Waals surface area contributed by atoms with Crippen molar-refractivity contribution in [1.29, 1.82) is 0 Å². The smallest absolute Gasteiger partial charge is 0.273 e. The summed E-state index contributed by atoms with van der Waals surface area (Å²) in [5.41, 5.74) is 1.97. The number of nitrogens with one attached hydrogen (secondary N) is 1. The van der Waals surface area contributed by atoms with E-state index in [0.29, 0.717) is 17.3 Å². The van der Waals surface area contributed by atoms with Crippen LogP contribution in [0, 0.1) is 0 Å². The normalized spacial score (nSPS) is 17.4. The second kappa shape index (κ2) is 7.32. The van der Waals surface area contributed by atoms with Gasteiger partial charge in [0.15, 0.2) is 5.69 Å². The molecule has 1 aliphatic rings. The average Bonchev–Trinajstić information content (AvgIpc) is 3.22. The average molecular weight is 349 g/mol. The second-order valence-electron chi connectivity index (χ2n) is 6.21. The highest BCUT2D eigenvalue weighted by atomic mass is 35.5. The van der Waals surface area contributed by atoms with Crippen LogP contribution in [0.5, 0.6) is 0 Å². The highest BCUT2D eigenvalue weighted by molar-refractivity contribution is 6.30. The van der Waals surface area contributed by atoms with Crippen molar-refractivity contribution in [2.45, 2.75) is 38.7 Å². The molecule has 1 aliphatic heterocycles. The van der Waals surface area contributed by atoms with E-state index < -0.39 is 0 Å². The van der Waals surface area contributed by atoms with E-state index in [0.717, 1.165) is 30.8 Å². The summed E-state index contributed by atoms with van der Waals surface area (Å²) >= 11 is 5.94. The maximum absolute atomic E-state index is 12.5. The third-order valence-corrected chi connectivity index (χ3v) is 4.30. The van der Waals surface area contributed by atoms with Crippen molar-refractivity contribution in [3.05, 3.63) is 40.7 Å². The van der Waals surface area contributed by atoms with Crippen LogP contribution in [0.1, 0.15) is 48.8 Å². The zero-order chi connectivity index (χ0) is 17.1. The van der Waals surface area contributed by atoms with E-state index in [2.05, 4.69) is 15.6 Å². The molecule has 7 heteroatoms. The Hall–Kier alpha value is -1.92. The second-order valence-corrected chi connectivity index (χ2v) is 6.65. The van der Waals surface area contributed by atoms with Crippen molar-refractivity contribution in [2.24, 2.45) is 0 Å². The predicted octanol–water partition coefficient (Wildman–Crippen LogP) is 2.95. The zero-order valence-electron chi connectivity index (χ0n) is 13.8. The first-order chi connectivity index (χ1) is 11.6. The SMILES string of the molecule is CC(C)c1c(C(=O)NCC2CCCO2)nnn1-c1ccc(Cl)cc1. The lowest BCUT2D eigenvalue weighted by Crippen LogP contribution is -2.32. The molecule has 24 heavy (non-hydrogen) atoms. The van der Waals surface area contributed by atoms with Gasteiger partial charge in [0.25, 0.3) is 5.91 Å². The quantitative estimate of drug-likeness (QED) is 0.902. The van der Waals surface area contributed by atoms with Gasteiger partial charge in [-0.2, -0.15) is 0 Å². The number of hydrogen-bond donors (Lipinski definition) is 1. The number of nitrogens with zero attached hydrogens (tertiary/aromatic N) is 3. The molecule has 0 saturated carbocycles. The van der Waals surface area contributed by atoms with Gasteiger partial charge in [0.1, 0.15) is 0 Å². The molecule has 1 aromatic carbocycles. The summed E-state index contributed by atoms with van der Waals surface area (Å²) < 4.78 is 7.23. The summed E-state index contributed by atoms with van der Waals surface area (Å²) in [6.07, 6.45) is 2.13. The number of halogens is 1. The monoisotopic (exact) mass is 348 g/mol. The van der Waals surface area contributed by atoms with E-state index in [1.807, 2.05) is 26.0 Å². The van der Waals surface area contributed by atoms with Crippen molar-refractivity contribution in [2.75, 3.05) is 13.2 Å². The van der Waals surface area contributed by atoms with Gasteiger partial charge < -0.3 is 10.1 Å². The molecule has 3 rings (SSSR count). The van der Waals surface area contributed by atoms with Crippen LogP contribution in [0.4, 0.5) is 0 Å². The minimum absolute atomic E-state index is 0.0964. The molecule has 2 aromatic rings. The molecule has 6 nitrogen and oxygen atoms in total. The third kappa shape index (κ3) is 3.60. The Balaban J connectivity index is 1.82. The number of carbonyl (C=O) groups is 1. The maximum Gasteiger partial charge on any atom is 0.273 e. The molecule has 0 bridgehead atoms. The first kappa shape index (κ1) is 16.9. The van der Waals surface area contributed by atoms with E-state index in [1.165, 1.54) is 0 Å². The fourth-order valence-corrected chi connectivity index (χ4v) is 2.96. The Labute approximate surface area is 146 Å². The summed E-state index contributed by atoms with van der Waals surface area (Å²) in [5.74, 6) is -0.117. The van der Waals surface area contributed by atoms with E-state index >= 15 is 0 Å². The van der Waals surface area contributed by atoms with Crippen molar-refractivity contribution < 1.29 is 9.53 Å². The molecular weight excluding hydrogens is 328 g/mol. The lowest BCUT2D eigenvalue weighted by Gasteiger charge is -2.13. The number of benzene rings is 1.